The number of carbonyl (C=O) groups excluding carboxylic acids is 1. The molecule has 1 N–H and O–H groups in total. The van der Waals surface area contributed by atoms with E-state index in [1.54, 1.807) is 0 Å². The summed E-state index contributed by atoms with van der Waals surface area (Å²) < 4.78 is 5.79. The number of aryl methyl sites for hydroxylation is 1. The molecule has 8 heteroatoms. The first kappa shape index (κ1) is 16.6. The van der Waals surface area contributed by atoms with E-state index in [0.717, 1.165) is 44.0 Å². The Balaban J connectivity index is 1.57. The maximum atomic E-state index is 12.5. The van der Waals surface area contributed by atoms with Gasteiger partial charge in [0.1, 0.15) is 5.01 Å². The molecule has 1 aromatic rings. The number of urea groups is 1. The van der Waals surface area contributed by atoms with E-state index in [9.17, 15) is 4.79 Å². The lowest BCUT2D eigenvalue weighted by molar-refractivity contribution is -0.0712. The van der Waals surface area contributed by atoms with Gasteiger partial charge in [-0.2, -0.15) is 0 Å². The minimum atomic E-state index is -0.0574. The maximum absolute atomic E-state index is 12.5. The van der Waals surface area contributed by atoms with Gasteiger partial charge in [0.05, 0.1) is 12.2 Å². The van der Waals surface area contributed by atoms with Crippen molar-refractivity contribution in [1.82, 2.24) is 20.0 Å². The topological polar surface area (TPSA) is 70.6 Å². The monoisotopic (exact) mass is 339 g/mol. The molecule has 1 aromatic heterocycles. The van der Waals surface area contributed by atoms with Crippen LogP contribution in [0.15, 0.2) is 0 Å². The zero-order valence-corrected chi connectivity index (χ0v) is 14.8. The highest BCUT2D eigenvalue weighted by molar-refractivity contribution is 7.15. The molecule has 2 saturated heterocycles. The minimum Gasteiger partial charge on any atom is -0.373 e. The molecule has 2 amide bonds. The molecule has 3 heterocycles. The van der Waals surface area contributed by atoms with Crippen LogP contribution < -0.4 is 5.32 Å². The van der Waals surface area contributed by atoms with Gasteiger partial charge < -0.3 is 9.64 Å². The molecule has 0 aliphatic carbocycles. The fraction of sp³-hybridized carbons (Fsp3) is 0.800. The van der Waals surface area contributed by atoms with Crippen molar-refractivity contribution in [2.24, 2.45) is 0 Å². The number of rotatable bonds is 3. The van der Waals surface area contributed by atoms with Crippen LogP contribution in [0.2, 0.25) is 0 Å². The van der Waals surface area contributed by atoms with E-state index in [2.05, 4.69) is 34.3 Å². The van der Waals surface area contributed by atoms with Crippen molar-refractivity contribution in [1.29, 1.82) is 0 Å². The zero-order chi connectivity index (χ0) is 16.4. The predicted octanol–water partition coefficient (Wildman–Crippen LogP) is 1.95. The van der Waals surface area contributed by atoms with Crippen LogP contribution in [0.4, 0.5) is 9.93 Å². The van der Waals surface area contributed by atoms with Gasteiger partial charge in [0.15, 0.2) is 0 Å². The summed E-state index contributed by atoms with van der Waals surface area (Å²) >= 11 is 1.40. The Morgan fingerprint density at radius 1 is 1.35 bits per heavy atom. The summed E-state index contributed by atoms with van der Waals surface area (Å²) in [6.07, 6.45) is 2.63. The van der Waals surface area contributed by atoms with Gasteiger partial charge in [0.2, 0.25) is 5.13 Å². The van der Waals surface area contributed by atoms with E-state index in [4.69, 9.17) is 4.74 Å². The van der Waals surface area contributed by atoms with Gasteiger partial charge in [0.25, 0.3) is 0 Å². The van der Waals surface area contributed by atoms with Crippen molar-refractivity contribution in [2.75, 3.05) is 31.5 Å². The molecule has 2 aliphatic heterocycles. The van der Waals surface area contributed by atoms with Crippen LogP contribution >= 0.6 is 11.3 Å². The number of morpholine rings is 1. The summed E-state index contributed by atoms with van der Waals surface area (Å²) in [7, 11) is 0. The lowest BCUT2D eigenvalue weighted by Gasteiger charge is -2.38. The van der Waals surface area contributed by atoms with E-state index in [1.165, 1.54) is 11.3 Å². The smallest absolute Gasteiger partial charge is 0.323 e. The first-order chi connectivity index (χ1) is 11.0. The van der Waals surface area contributed by atoms with Crippen LogP contribution in [0.5, 0.6) is 0 Å². The van der Waals surface area contributed by atoms with Crippen LogP contribution in [0.1, 0.15) is 31.7 Å². The fourth-order valence-electron chi connectivity index (χ4n) is 3.53. The van der Waals surface area contributed by atoms with Gasteiger partial charge in [-0.15, -0.1) is 10.2 Å². The summed E-state index contributed by atoms with van der Waals surface area (Å²) in [6.45, 7) is 9.70. The number of aromatic nitrogens is 2. The van der Waals surface area contributed by atoms with E-state index in [0.29, 0.717) is 5.13 Å². The highest BCUT2D eigenvalue weighted by Gasteiger charge is 2.32. The van der Waals surface area contributed by atoms with Gasteiger partial charge in [-0.3, -0.25) is 10.2 Å². The van der Waals surface area contributed by atoms with Gasteiger partial charge in [-0.05, 0) is 33.6 Å². The van der Waals surface area contributed by atoms with E-state index < -0.39 is 0 Å². The molecular formula is C15H25N5O2S. The molecule has 0 spiro atoms. The average Bonchev–Trinajstić information content (AvgIpc) is 3.07. The third-order valence-electron chi connectivity index (χ3n) is 4.34. The van der Waals surface area contributed by atoms with E-state index >= 15 is 0 Å². The number of likely N-dealkylation sites (tertiary alicyclic amines) is 1. The molecule has 3 atom stereocenters. The lowest BCUT2D eigenvalue weighted by Crippen LogP contribution is -2.51. The van der Waals surface area contributed by atoms with Crippen LogP contribution in [-0.4, -0.2) is 70.5 Å². The average molecular weight is 339 g/mol. The molecule has 2 aliphatic rings. The number of carbonyl (C=O) groups is 1. The number of nitrogens with one attached hydrogen (secondary N) is 1. The van der Waals surface area contributed by atoms with Crippen molar-refractivity contribution >= 4 is 22.5 Å². The molecule has 128 valence electrons. The summed E-state index contributed by atoms with van der Waals surface area (Å²) in [5.74, 6) is 0. The Kier molecular flexibility index (Phi) is 5.13. The quantitative estimate of drug-likeness (QED) is 0.911. The van der Waals surface area contributed by atoms with Crippen molar-refractivity contribution in [2.45, 2.75) is 51.9 Å². The summed E-state index contributed by atoms with van der Waals surface area (Å²) in [6, 6.07) is 0.208. The Morgan fingerprint density at radius 3 is 2.74 bits per heavy atom. The standard InChI is InChI=1S/C15H25N5O2S/c1-10-7-19(8-11(2)22-10)9-13-5-4-6-20(13)15(21)16-14-18-17-12(3)23-14/h10-11,13H,4-9H2,1-3H3,(H,16,18,21)/t10-,11-,13+/m0/s1. The molecule has 0 unspecified atom stereocenters. The molecule has 7 nitrogen and oxygen atoms in total. The summed E-state index contributed by atoms with van der Waals surface area (Å²) in [5.41, 5.74) is 0. The molecule has 0 bridgehead atoms. The number of ether oxygens (including phenoxy) is 1. The van der Waals surface area contributed by atoms with Crippen LogP contribution in [0.25, 0.3) is 0 Å². The molecule has 2 fully saturated rings. The molecule has 0 aromatic carbocycles. The molecule has 0 saturated carbocycles. The van der Waals surface area contributed by atoms with Gasteiger partial charge in [-0.1, -0.05) is 11.3 Å². The summed E-state index contributed by atoms with van der Waals surface area (Å²) in [5, 5.41) is 12.2. The van der Waals surface area contributed by atoms with Crippen LogP contribution in [0.3, 0.4) is 0 Å². The maximum Gasteiger partial charge on any atom is 0.323 e. The molecule has 3 rings (SSSR count). The Morgan fingerprint density at radius 2 is 2.09 bits per heavy atom. The minimum absolute atomic E-state index is 0.0574. The van der Waals surface area contributed by atoms with Gasteiger partial charge >= 0.3 is 6.03 Å². The van der Waals surface area contributed by atoms with Gasteiger partial charge in [-0.25, -0.2) is 4.79 Å². The molecule has 23 heavy (non-hydrogen) atoms. The third-order valence-corrected chi connectivity index (χ3v) is 5.10. The summed E-state index contributed by atoms with van der Waals surface area (Å²) in [4.78, 5) is 16.9. The fourth-order valence-corrected chi connectivity index (χ4v) is 4.12. The van der Waals surface area contributed by atoms with Crippen molar-refractivity contribution < 1.29 is 9.53 Å². The molecule has 0 radical (unpaired) electrons. The highest BCUT2D eigenvalue weighted by Crippen LogP contribution is 2.22. The second-order valence-electron chi connectivity index (χ2n) is 6.52. The van der Waals surface area contributed by atoms with Gasteiger partial charge in [0, 0.05) is 32.2 Å². The third kappa shape index (κ3) is 4.19. The van der Waals surface area contributed by atoms with Crippen molar-refractivity contribution in [3.63, 3.8) is 0 Å². The largest absolute Gasteiger partial charge is 0.373 e. The second kappa shape index (κ2) is 7.11. The first-order valence-electron chi connectivity index (χ1n) is 8.27. The number of hydrogen-bond donors (Lipinski definition) is 1. The van der Waals surface area contributed by atoms with E-state index in [1.807, 2.05) is 11.8 Å². The van der Waals surface area contributed by atoms with Crippen LogP contribution in [0, 0.1) is 6.92 Å². The number of hydrogen-bond acceptors (Lipinski definition) is 6. The Bertz CT molecular complexity index is 542. The Labute approximate surface area is 141 Å². The lowest BCUT2D eigenvalue weighted by atomic mass is 10.1. The molecular weight excluding hydrogens is 314 g/mol. The number of anilines is 1. The first-order valence-corrected chi connectivity index (χ1v) is 9.08. The van der Waals surface area contributed by atoms with Crippen molar-refractivity contribution in [3.05, 3.63) is 5.01 Å². The highest BCUT2D eigenvalue weighted by atomic mass is 32.1. The zero-order valence-electron chi connectivity index (χ0n) is 14.0. The van der Waals surface area contributed by atoms with Crippen molar-refractivity contribution in [3.8, 4) is 0 Å². The van der Waals surface area contributed by atoms with Crippen LogP contribution in [-0.2, 0) is 4.74 Å². The Hall–Kier alpha value is -1.25. The second-order valence-corrected chi connectivity index (χ2v) is 7.70. The van der Waals surface area contributed by atoms with E-state index in [-0.39, 0.29) is 24.3 Å². The number of amides is 2. The SMILES string of the molecule is Cc1nnc(NC(=O)N2CCC[C@@H]2CN2C[C@H](C)O[C@@H](C)C2)s1. The number of nitrogens with zero attached hydrogens (tertiary/aromatic N) is 4. The predicted molar refractivity (Wildman–Crippen MR) is 89.8 cm³/mol. The normalized spacial score (nSPS) is 29.0.